The summed E-state index contributed by atoms with van der Waals surface area (Å²) in [5.74, 6) is -2.00. The van der Waals surface area contributed by atoms with Gasteiger partial charge >= 0.3 is 12.1 Å². The zero-order valence-electron chi connectivity index (χ0n) is 22.7. The van der Waals surface area contributed by atoms with E-state index in [2.05, 4.69) is 33.1 Å². The second-order valence-corrected chi connectivity index (χ2v) is 11.2. The van der Waals surface area contributed by atoms with E-state index >= 15 is 0 Å². The van der Waals surface area contributed by atoms with Crippen molar-refractivity contribution in [3.8, 4) is 16.9 Å². The number of aliphatic carboxylic acids is 1. The second kappa shape index (κ2) is 15.0. The number of hydrogen-bond acceptors (Lipinski definition) is 6. The summed E-state index contributed by atoms with van der Waals surface area (Å²) in [6.45, 7) is 4.80. The number of carboxylic acid groups (broad SMARTS) is 1. The lowest BCUT2D eigenvalue weighted by Crippen LogP contribution is -2.33. The molecule has 3 N–H and O–H groups in total. The normalized spacial score (nSPS) is 13.9. The molecule has 0 saturated carbocycles. The summed E-state index contributed by atoms with van der Waals surface area (Å²) in [7, 11) is -1.88. The summed E-state index contributed by atoms with van der Waals surface area (Å²) in [4.78, 5) is 11.5. The van der Waals surface area contributed by atoms with Gasteiger partial charge in [-0.3, -0.25) is 0 Å². The molecule has 8 nitrogen and oxygen atoms in total. The summed E-state index contributed by atoms with van der Waals surface area (Å²) in [6, 6.07) is 23.4. The van der Waals surface area contributed by atoms with Crippen molar-refractivity contribution in [2.75, 3.05) is 33.3 Å². The third kappa shape index (κ3) is 10.2. The number of nitrogens with one attached hydrogen (secondary N) is 2. The molecule has 0 radical (unpaired) electrons. The highest BCUT2D eigenvalue weighted by atomic mass is 32.2. The van der Waals surface area contributed by atoms with Gasteiger partial charge in [-0.15, -0.1) is 0 Å². The average molecular weight is 594 g/mol. The van der Waals surface area contributed by atoms with E-state index in [1.807, 2.05) is 42.5 Å². The van der Waals surface area contributed by atoms with Crippen molar-refractivity contribution in [1.82, 2.24) is 14.9 Å². The van der Waals surface area contributed by atoms with Gasteiger partial charge in [0.2, 0.25) is 10.0 Å². The van der Waals surface area contributed by atoms with E-state index in [4.69, 9.17) is 14.6 Å². The number of nitrogens with zero attached hydrogens (tertiary/aromatic N) is 1. The summed E-state index contributed by atoms with van der Waals surface area (Å²) in [5, 5.41) is 10.6. The van der Waals surface area contributed by atoms with Crippen LogP contribution in [0.5, 0.6) is 5.75 Å². The molecule has 1 aliphatic heterocycles. The van der Waals surface area contributed by atoms with Crippen LogP contribution >= 0.6 is 0 Å². The molecule has 4 rings (SSSR count). The first-order valence-electron chi connectivity index (χ1n) is 13.0. The van der Waals surface area contributed by atoms with Crippen molar-refractivity contribution in [1.29, 1.82) is 0 Å². The van der Waals surface area contributed by atoms with Gasteiger partial charge in [0.15, 0.2) is 0 Å². The molecule has 3 aromatic rings. The Balaban J connectivity index is 0.000000587. The molecule has 1 fully saturated rings. The zero-order valence-corrected chi connectivity index (χ0v) is 23.5. The summed E-state index contributed by atoms with van der Waals surface area (Å²) in [6.07, 6.45) is -2.69. The van der Waals surface area contributed by atoms with Crippen LogP contribution in [0.25, 0.3) is 11.1 Å². The summed E-state index contributed by atoms with van der Waals surface area (Å²) in [5.41, 5.74) is 4.22. The number of sulfonamides is 1. The lowest BCUT2D eigenvalue weighted by molar-refractivity contribution is -0.192. The number of halogens is 3. The van der Waals surface area contributed by atoms with Gasteiger partial charge in [-0.2, -0.15) is 13.2 Å². The minimum Gasteiger partial charge on any atom is -0.496 e. The molecule has 1 aliphatic rings. The SMILES string of the molecule is COc1ccc(CNCc2ccccc2)cc1-c1ccc(S(=O)(=O)NCCN2CCCC2)cc1.O=C(O)C(F)(F)F. The number of rotatable bonds is 11. The third-order valence-electron chi connectivity index (χ3n) is 6.40. The molecule has 0 bridgehead atoms. The van der Waals surface area contributed by atoms with Gasteiger partial charge in [0.1, 0.15) is 5.75 Å². The zero-order chi connectivity index (χ0) is 29.9. The molecule has 41 heavy (non-hydrogen) atoms. The Kier molecular flexibility index (Phi) is 11.7. The number of ether oxygens (including phenoxy) is 1. The lowest BCUT2D eigenvalue weighted by atomic mass is 10.0. The molecular weight excluding hydrogens is 559 g/mol. The number of methoxy groups -OCH3 is 1. The lowest BCUT2D eigenvalue weighted by Gasteiger charge is -2.15. The number of carbonyl (C=O) groups is 1. The number of carboxylic acids is 1. The number of hydrogen-bond donors (Lipinski definition) is 3. The molecule has 0 aromatic heterocycles. The number of alkyl halides is 3. The third-order valence-corrected chi connectivity index (χ3v) is 7.88. The van der Waals surface area contributed by atoms with Crippen molar-refractivity contribution >= 4 is 16.0 Å². The largest absolute Gasteiger partial charge is 0.496 e. The van der Waals surface area contributed by atoms with Crippen LogP contribution in [0, 0.1) is 0 Å². The Morgan fingerprint density at radius 3 is 2.15 bits per heavy atom. The van der Waals surface area contributed by atoms with Crippen molar-refractivity contribution in [3.05, 3.63) is 83.9 Å². The highest BCUT2D eigenvalue weighted by Crippen LogP contribution is 2.31. The van der Waals surface area contributed by atoms with Crippen LogP contribution in [-0.4, -0.2) is 63.9 Å². The van der Waals surface area contributed by atoms with Gasteiger partial charge in [-0.1, -0.05) is 48.5 Å². The predicted molar refractivity (Wildman–Crippen MR) is 150 cm³/mol. The Morgan fingerprint density at radius 1 is 0.951 bits per heavy atom. The van der Waals surface area contributed by atoms with E-state index in [1.165, 1.54) is 18.4 Å². The quantitative estimate of drug-likeness (QED) is 0.297. The van der Waals surface area contributed by atoms with Gasteiger partial charge in [-0.05, 0) is 66.9 Å². The van der Waals surface area contributed by atoms with Gasteiger partial charge in [0, 0.05) is 31.7 Å². The van der Waals surface area contributed by atoms with Crippen LogP contribution in [0.1, 0.15) is 24.0 Å². The molecule has 1 heterocycles. The Hall–Kier alpha value is -3.45. The van der Waals surface area contributed by atoms with Crippen molar-refractivity contribution in [2.45, 2.75) is 37.0 Å². The van der Waals surface area contributed by atoms with Crippen LogP contribution in [0.3, 0.4) is 0 Å². The Bertz CT molecular complexity index is 1360. The molecule has 12 heteroatoms. The fourth-order valence-corrected chi connectivity index (χ4v) is 5.30. The molecule has 0 unspecified atom stereocenters. The highest BCUT2D eigenvalue weighted by Gasteiger charge is 2.38. The van der Waals surface area contributed by atoms with Crippen LogP contribution in [0.4, 0.5) is 13.2 Å². The maximum absolute atomic E-state index is 12.7. The van der Waals surface area contributed by atoms with E-state index < -0.39 is 22.2 Å². The highest BCUT2D eigenvalue weighted by molar-refractivity contribution is 7.89. The number of likely N-dealkylation sites (tertiary alicyclic amines) is 1. The molecule has 0 spiro atoms. The van der Waals surface area contributed by atoms with E-state index in [1.54, 1.807) is 19.2 Å². The number of benzene rings is 3. The minimum absolute atomic E-state index is 0.275. The summed E-state index contributed by atoms with van der Waals surface area (Å²) >= 11 is 0. The van der Waals surface area contributed by atoms with Crippen LogP contribution in [-0.2, 0) is 27.9 Å². The van der Waals surface area contributed by atoms with E-state index in [0.717, 1.165) is 55.2 Å². The van der Waals surface area contributed by atoms with Crippen LogP contribution in [0.2, 0.25) is 0 Å². The first-order valence-corrected chi connectivity index (χ1v) is 14.5. The molecule has 3 aromatic carbocycles. The van der Waals surface area contributed by atoms with Crippen molar-refractivity contribution in [2.24, 2.45) is 0 Å². The molecular formula is C29H34F3N3O5S. The fourth-order valence-electron chi connectivity index (χ4n) is 4.28. The van der Waals surface area contributed by atoms with E-state index in [-0.39, 0.29) is 4.90 Å². The molecule has 222 valence electrons. The monoisotopic (exact) mass is 593 g/mol. The van der Waals surface area contributed by atoms with Gasteiger partial charge in [0.25, 0.3) is 0 Å². The van der Waals surface area contributed by atoms with Crippen LogP contribution in [0.15, 0.2) is 77.7 Å². The fraction of sp³-hybridized carbons (Fsp3) is 0.345. The molecule has 0 atom stereocenters. The smallest absolute Gasteiger partial charge is 0.490 e. The second-order valence-electron chi connectivity index (χ2n) is 9.40. The standard InChI is InChI=1S/C27H33N3O3S.C2HF3O2/c1-33-27-14-9-23(21-28-20-22-7-3-2-4-8-22)19-26(27)24-10-12-25(13-11-24)34(31,32)29-15-18-30-16-5-6-17-30;3-2(4,5)1(6)7/h2-4,7-14,19,28-29H,5-6,15-18,20-21H2,1H3;(H,6,7). The molecule has 0 aliphatic carbocycles. The van der Waals surface area contributed by atoms with Crippen molar-refractivity contribution < 1.29 is 36.2 Å². The average Bonchev–Trinajstić information content (AvgIpc) is 3.47. The molecule has 1 saturated heterocycles. The van der Waals surface area contributed by atoms with Crippen molar-refractivity contribution in [3.63, 3.8) is 0 Å². The first kappa shape index (κ1) is 32.1. The minimum atomic E-state index is -5.08. The van der Waals surface area contributed by atoms with Crippen LogP contribution < -0.4 is 14.8 Å². The predicted octanol–water partition coefficient (Wildman–Crippen LogP) is 4.66. The Labute approximate surface area is 238 Å². The topological polar surface area (TPSA) is 108 Å². The summed E-state index contributed by atoms with van der Waals surface area (Å²) < 4.78 is 65.4. The first-order chi connectivity index (χ1) is 19.5. The van der Waals surface area contributed by atoms with Gasteiger partial charge in [-0.25, -0.2) is 17.9 Å². The maximum Gasteiger partial charge on any atom is 0.490 e. The van der Waals surface area contributed by atoms with Gasteiger partial charge in [0.05, 0.1) is 12.0 Å². The van der Waals surface area contributed by atoms with Gasteiger partial charge < -0.3 is 20.1 Å². The maximum atomic E-state index is 12.7. The molecule has 0 amide bonds. The van der Waals surface area contributed by atoms with E-state index in [9.17, 15) is 21.6 Å². The Morgan fingerprint density at radius 2 is 1.56 bits per heavy atom. The van der Waals surface area contributed by atoms with E-state index in [0.29, 0.717) is 6.54 Å².